The monoisotopic (exact) mass is 393 g/mol. The number of nitrogens with zero attached hydrogens (tertiary/aromatic N) is 3. The molecule has 1 aromatic carbocycles. The van der Waals surface area contributed by atoms with Gasteiger partial charge >= 0.3 is 17.3 Å². The SMILES string of the molecule is CCOC(=O)[C@@H]1C=C[C@H](c2ccc(OC)cc2)n2c(=O)n(CCCl)c(=O)n21. The van der Waals surface area contributed by atoms with Crippen LogP contribution in [0.25, 0.3) is 0 Å². The summed E-state index contributed by atoms with van der Waals surface area (Å²) < 4.78 is 13.7. The minimum Gasteiger partial charge on any atom is -0.497 e. The number of fused-ring (bicyclic) bond motifs is 1. The van der Waals surface area contributed by atoms with Gasteiger partial charge in [-0.25, -0.2) is 28.3 Å². The summed E-state index contributed by atoms with van der Waals surface area (Å²) in [5.74, 6) is 0.178. The summed E-state index contributed by atoms with van der Waals surface area (Å²) in [7, 11) is 1.56. The number of allylic oxidation sites excluding steroid dienone is 1. The van der Waals surface area contributed by atoms with Gasteiger partial charge in [-0.1, -0.05) is 24.3 Å². The second-order valence-corrected chi connectivity index (χ2v) is 6.27. The summed E-state index contributed by atoms with van der Waals surface area (Å²) in [6, 6.07) is 5.60. The van der Waals surface area contributed by atoms with Gasteiger partial charge in [0.2, 0.25) is 0 Å². The van der Waals surface area contributed by atoms with Crippen LogP contribution in [0.15, 0.2) is 46.0 Å². The molecule has 0 unspecified atom stereocenters. The van der Waals surface area contributed by atoms with E-state index >= 15 is 0 Å². The third kappa shape index (κ3) is 3.32. The van der Waals surface area contributed by atoms with Crippen LogP contribution < -0.4 is 16.1 Å². The fraction of sp³-hybridized carbons (Fsp3) is 0.389. The van der Waals surface area contributed by atoms with Crippen LogP contribution in [0, 0.1) is 0 Å². The molecule has 0 spiro atoms. The molecule has 8 nitrogen and oxygen atoms in total. The highest BCUT2D eigenvalue weighted by atomic mass is 35.5. The number of carbonyl (C=O) groups is 1. The second kappa shape index (κ2) is 7.87. The number of ether oxygens (including phenoxy) is 2. The Morgan fingerprint density at radius 3 is 2.37 bits per heavy atom. The highest BCUT2D eigenvalue weighted by Gasteiger charge is 2.33. The Morgan fingerprint density at radius 1 is 1.11 bits per heavy atom. The number of halogens is 1. The number of methoxy groups -OCH3 is 1. The molecule has 2 aromatic rings. The lowest BCUT2D eigenvalue weighted by molar-refractivity contribution is -0.146. The molecule has 0 bridgehead atoms. The van der Waals surface area contributed by atoms with E-state index in [1.165, 1.54) is 4.68 Å². The molecule has 1 aliphatic rings. The summed E-state index contributed by atoms with van der Waals surface area (Å²) in [4.78, 5) is 38.0. The van der Waals surface area contributed by atoms with Gasteiger partial charge in [0.25, 0.3) is 0 Å². The van der Waals surface area contributed by atoms with Crippen molar-refractivity contribution in [1.82, 2.24) is 13.9 Å². The van der Waals surface area contributed by atoms with Gasteiger partial charge < -0.3 is 9.47 Å². The average Bonchev–Trinajstić information content (AvgIpc) is 2.93. The first-order valence-electron chi connectivity index (χ1n) is 8.52. The molecule has 2 atom stereocenters. The van der Waals surface area contributed by atoms with E-state index in [0.29, 0.717) is 5.75 Å². The summed E-state index contributed by atoms with van der Waals surface area (Å²) in [5.41, 5.74) is -0.352. The minimum absolute atomic E-state index is 0.0527. The Bertz CT molecular complexity index is 970. The van der Waals surface area contributed by atoms with Crippen molar-refractivity contribution in [2.75, 3.05) is 19.6 Å². The lowest BCUT2D eigenvalue weighted by atomic mass is 10.0. The highest BCUT2D eigenvalue weighted by Crippen LogP contribution is 2.27. The largest absolute Gasteiger partial charge is 0.497 e. The number of carbonyl (C=O) groups excluding carboxylic acids is 1. The van der Waals surface area contributed by atoms with Gasteiger partial charge in [-0.2, -0.15) is 0 Å². The minimum atomic E-state index is -1.00. The van der Waals surface area contributed by atoms with Gasteiger partial charge in [0.1, 0.15) is 5.75 Å². The number of aromatic nitrogens is 3. The molecule has 2 heterocycles. The summed E-state index contributed by atoms with van der Waals surface area (Å²) >= 11 is 5.74. The number of rotatable bonds is 6. The van der Waals surface area contributed by atoms with Crippen LogP contribution in [0.3, 0.4) is 0 Å². The summed E-state index contributed by atoms with van der Waals surface area (Å²) in [6.07, 6.45) is 3.30. The van der Waals surface area contributed by atoms with Crippen molar-refractivity contribution in [2.24, 2.45) is 0 Å². The van der Waals surface area contributed by atoms with Crippen LogP contribution >= 0.6 is 11.6 Å². The van der Waals surface area contributed by atoms with Crippen molar-refractivity contribution in [3.8, 4) is 5.75 Å². The van der Waals surface area contributed by atoms with Crippen molar-refractivity contribution in [1.29, 1.82) is 0 Å². The van der Waals surface area contributed by atoms with Crippen LogP contribution in [0.2, 0.25) is 0 Å². The first kappa shape index (κ1) is 19.0. The predicted octanol–water partition coefficient (Wildman–Crippen LogP) is 1.32. The molecule has 0 aliphatic carbocycles. The molecule has 1 aliphatic heterocycles. The topological polar surface area (TPSA) is 84.5 Å². The number of hydrogen-bond acceptors (Lipinski definition) is 5. The van der Waals surface area contributed by atoms with Crippen LogP contribution in [0.5, 0.6) is 5.75 Å². The fourth-order valence-corrected chi connectivity index (χ4v) is 3.30. The van der Waals surface area contributed by atoms with E-state index in [4.69, 9.17) is 21.1 Å². The van der Waals surface area contributed by atoms with Gasteiger partial charge in [-0.15, -0.1) is 11.6 Å². The third-order valence-corrected chi connectivity index (χ3v) is 4.55. The number of alkyl halides is 1. The van der Waals surface area contributed by atoms with E-state index in [9.17, 15) is 14.4 Å². The molecule has 1 aromatic heterocycles. The van der Waals surface area contributed by atoms with Crippen molar-refractivity contribution in [3.05, 3.63) is 62.9 Å². The maximum absolute atomic E-state index is 12.9. The molecule has 3 rings (SSSR count). The highest BCUT2D eigenvalue weighted by molar-refractivity contribution is 6.17. The number of esters is 1. The lowest BCUT2D eigenvalue weighted by Crippen LogP contribution is -2.39. The van der Waals surface area contributed by atoms with E-state index in [1.807, 2.05) is 0 Å². The van der Waals surface area contributed by atoms with Crippen LogP contribution in [0.4, 0.5) is 0 Å². The first-order valence-corrected chi connectivity index (χ1v) is 9.05. The van der Waals surface area contributed by atoms with Gasteiger partial charge in [-0.3, -0.25) is 0 Å². The zero-order valence-electron chi connectivity index (χ0n) is 15.0. The van der Waals surface area contributed by atoms with Crippen molar-refractivity contribution in [3.63, 3.8) is 0 Å². The van der Waals surface area contributed by atoms with Crippen LogP contribution in [-0.4, -0.2) is 39.5 Å². The molecule has 0 radical (unpaired) electrons. The number of benzene rings is 1. The standard InChI is InChI=1S/C18H20ClN3O5/c1-3-27-16(23)15-9-8-14(12-4-6-13(26-2)7-5-12)21-17(24)20(11-10-19)18(25)22(15)21/h4-9,14-15H,3,10-11H2,1-2H3/t14-,15+/m1/s1. The van der Waals surface area contributed by atoms with Gasteiger partial charge in [-0.05, 0) is 24.6 Å². The third-order valence-electron chi connectivity index (χ3n) is 4.38. The van der Waals surface area contributed by atoms with Gasteiger partial charge in [0, 0.05) is 12.4 Å². The Hall–Kier alpha value is -2.74. The molecule has 9 heteroatoms. The maximum atomic E-state index is 12.9. The predicted molar refractivity (Wildman–Crippen MR) is 99.6 cm³/mol. The van der Waals surface area contributed by atoms with Gasteiger partial charge in [0.05, 0.1) is 19.8 Å². The molecular weight excluding hydrogens is 374 g/mol. The van der Waals surface area contributed by atoms with E-state index in [1.54, 1.807) is 50.5 Å². The fourth-order valence-electron chi connectivity index (χ4n) is 3.13. The molecule has 27 heavy (non-hydrogen) atoms. The Morgan fingerprint density at radius 2 is 1.78 bits per heavy atom. The Labute approximate surface area is 160 Å². The molecule has 144 valence electrons. The smallest absolute Gasteiger partial charge is 0.348 e. The molecule has 0 fully saturated rings. The van der Waals surface area contributed by atoms with Gasteiger partial charge in [0.15, 0.2) is 6.04 Å². The van der Waals surface area contributed by atoms with E-state index in [0.717, 1.165) is 14.8 Å². The molecule has 0 N–H and O–H groups in total. The normalized spacial score (nSPS) is 18.2. The van der Waals surface area contributed by atoms with E-state index in [-0.39, 0.29) is 19.0 Å². The van der Waals surface area contributed by atoms with Crippen LogP contribution in [0.1, 0.15) is 24.6 Å². The first-order chi connectivity index (χ1) is 13.0. The summed E-state index contributed by atoms with van der Waals surface area (Å²) in [5, 5.41) is 0. The van der Waals surface area contributed by atoms with Crippen molar-refractivity contribution < 1.29 is 14.3 Å². The lowest BCUT2D eigenvalue weighted by Gasteiger charge is -2.26. The number of hydrogen-bond donors (Lipinski definition) is 0. The maximum Gasteiger partial charge on any atom is 0.348 e. The van der Waals surface area contributed by atoms with Crippen molar-refractivity contribution >= 4 is 17.6 Å². The molecule has 0 saturated heterocycles. The molecular formula is C18H20ClN3O5. The molecule has 0 saturated carbocycles. The zero-order chi connectivity index (χ0) is 19.6. The van der Waals surface area contributed by atoms with Crippen LogP contribution in [-0.2, 0) is 16.1 Å². The molecule has 0 amide bonds. The summed E-state index contributed by atoms with van der Waals surface area (Å²) in [6.45, 7) is 1.91. The Kier molecular flexibility index (Phi) is 5.55. The second-order valence-electron chi connectivity index (χ2n) is 5.89. The van der Waals surface area contributed by atoms with E-state index < -0.39 is 29.4 Å². The Balaban J connectivity index is 2.17. The zero-order valence-corrected chi connectivity index (χ0v) is 15.8. The van der Waals surface area contributed by atoms with E-state index in [2.05, 4.69) is 0 Å². The average molecular weight is 394 g/mol. The van der Waals surface area contributed by atoms with Crippen molar-refractivity contribution in [2.45, 2.75) is 25.6 Å². The quantitative estimate of drug-likeness (QED) is 0.420.